The lowest BCUT2D eigenvalue weighted by molar-refractivity contribution is 0.318. The van der Waals surface area contributed by atoms with Crippen molar-refractivity contribution in [3.63, 3.8) is 0 Å². The van der Waals surface area contributed by atoms with Crippen LogP contribution in [0.15, 0.2) is 46.2 Å². The van der Waals surface area contributed by atoms with Crippen LogP contribution in [0.4, 0.5) is 0 Å². The zero-order valence-electron chi connectivity index (χ0n) is 10.2. The maximum atomic E-state index is 8.54. The third-order valence-corrected chi connectivity index (χ3v) is 3.36. The van der Waals surface area contributed by atoms with Crippen molar-refractivity contribution in [3.05, 3.63) is 52.3 Å². The third-order valence-electron chi connectivity index (χ3n) is 2.47. The molecule has 0 aliphatic rings. The Morgan fingerprint density at radius 1 is 1.32 bits per heavy atom. The number of hydrogen-bond acceptors (Lipinski definition) is 4. The summed E-state index contributed by atoms with van der Waals surface area (Å²) < 4.78 is 6.68. The Morgan fingerprint density at radius 3 is 2.63 bits per heavy atom. The summed E-state index contributed by atoms with van der Waals surface area (Å²) in [5.74, 6) is 1.27. The second-order valence-corrected chi connectivity index (χ2v) is 4.73. The van der Waals surface area contributed by atoms with E-state index in [2.05, 4.69) is 26.1 Å². The first-order valence-corrected chi connectivity index (χ1v) is 6.27. The maximum absolute atomic E-state index is 8.54. The van der Waals surface area contributed by atoms with Crippen molar-refractivity contribution < 1.29 is 9.94 Å². The van der Waals surface area contributed by atoms with Crippen molar-refractivity contribution in [2.24, 2.45) is 10.9 Å². The fourth-order valence-corrected chi connectivity index (χ4v) is 1.71. The van der Waals surface area contributed by atoms with Gasteiger partial charge < -0.3 is 15.7 Å². The van der Waals surface area contributed by atoms with E-state index in [1.807, 2.05) is 25.1 Å². The van der Waals surface area contributed by atoms with Crippen molar-refractivity contribution in [2.75, 3.05) is 0 Å². The van der Waals surface area contributed by atoms with Crippen LogP contribution in [0.2, 0.25) is 0 Å². The largest absolute Gasteiger partial charge is 0.456 e. The second kappa shape index (κ2) is 5.71. The Balaban J connectivity index is 2.17. The number of nitrogens with zero attached hydrogens (tertiary/aromatic N) is 2. The molecule has 98 valence electrons. The Labute approximate surface area is 118 Å². The molecule has 0 saturated heterocycles. The minimum atomic E-state index is -0.0361. The summed E-state index contributed by atoms with van der Waals surface area (Å²) in [5.41, 5.74) is 6.90. The van der Waals surface area contributed by atoms with E-state index < -0.39 is 0 Å². The number of ether oxygens (including phenoxy) is 1. The molecule has 2 aromatic rings. The van der Waals surface area contributed by atoms with Gasteiger partial charge in [-0.25, -0.2) is 4.98 Å². The van der Waals surface area contributed by atoms with E-state index >= 15 is 0 Å². The summed E-state index contributed by atoms with van der Waals surface area (Å²) in [5, 5.41) is 11.4. The van der Waals surface area contributed by atoms with Crippen LogP contribution in [0.3, 0.4) is 0 Å². The van der Waals surface area contributed by atoms with Gasteiger partial charge in [-0.1, -0.05) is 21.1 Å². The number of oxime groups is 1. The molecule has 0 amide bonds. The van der Waals surface area contributed by atoms with Crippen LogP contribution in [0.25, 0.3) is 0 Å². The predicted octanol–water partition coefficient (Wildman–Crippen LogP) is 3.04. The molecule has 0 unspecified atom stereocenters. The molecule has 0 fully saturated rings. The van der Waals surface area contributed by atoms with E-state index in [9.17, 15) is 0 Å². The molecule has 0 aliphatic heterocycles. The second-order valence-electron chi connectivity index (χ2n) is 3.88. The average molecular weight is 322 g/mol. The first-order chi connectivity index (χ1) is 9.10. The summed E-state index contributed by atoms with van der Waals surface area (Å²) in [7, 11) is 0. The molecule has 0 saturated carbocycles. The lowest BCUT2D eigenvalue weighted by Gasteiger charge is -2.07. The topological polar surface area (TPSA) is 80.7 Å². The van der Waals surface area contributed by atoms with Crippen LogP contribution in [-0.4, -0.2) is 16.0 Å². The Bertz CT molecular complexity index is 612. The highest BCUT2D eigenvalue weighted by Gasteiger charge is 2.03. The fraction of sp³-hybridized carbons (Fsp3) is 0.0769. The predicted molar refractivity (Wildman–Crippen MR) is 75.7 cm³/mol. The average Bonchev–Trinajstić information content (AvgIpc) is 2.43. The molecule has 6 heteroatoms. The van der Waals surface area contributed by atoms with Gasteiger partial charge in [0, 0.05) is 4.47 Å². The molecule has 1 aromatic carbocycles. The monoisotopic (exact) mass is 321 g/mol. The molecule has 2 rings (SSSR count). The first-order valence-electron chi connectivity index (χ1n) is 5.48. The third kappa shape index (κ3) is 3.23. The van der Waals surface area contributed by atoms with Crippen LogP contribution in [0.1, 0.15) is 11.3 Å². The number of pyridine rings is 1. The highest BCUT2D eigenvalue weighted by atomic mass is 79.9. The SMILES string of the molecule is Cc1cc(Oc2ccc(/C(N)=N/O)nc2)ccc1Br. The van der Waals surface area contributed by atoms with Gasteiger partial charge in [0.05, 0.1) is 6.20 Å². The van der Waals surface area contributed by atoms with Crippen molar-refractivity contribution in [3.8, 4) is 11.5 Å². The number of nitrogens with two attached hydrogens (primary N) is 1. The van der Waals surface area contributed by atoms with E-state index in [0.29, 0.717) is 11.4 Å². The lowest BCUT2D eigenvalue weighted by atomic mass is 10.2. The Morgan fingerprint density at radius 2 is 2.05 bits per heavy atom. The van der Waals surface area contributed by atoms with Gasteiger partial charge in [-0.2, -0.15) is 0 Å². The van der Waals surface area contributed by atoms with Gasteiger partial charge in [-0.05, 0) is 42.8 Å². The van der Waals surface area contributed by atoms with E-state index in [1.54, 1.807) is 12.1 Å². The van der Waals surface area contributed by atoms with Gasteiger partial charge in [0.1, 0.15) is 17.2 Å². The summed E-state index contributed by atoms with van der Waals surface area (Å²) in [6.45, 7) is 1.98. The standard InChI is InChI=1S/C13H12BrN3O2/c1-8-6-9(2-4-11(8)14)19-10-3-5-12(16-7-10)13(15)17-18/h2-7,18H,1H3,(H2,15,17). The van der Waals surface area contributed by atoms with Gasteiger partial charge in [0.25, 0.3) is 0 Å². The van der Waals surface area contributed by atoms with Crippen molar-refractivity contribution in [2.45, 2.75) is 6.92 Å². The van der Waals surface area contributed by atoms with Gasteiger partial charge in [-0.15, -0.1) is 0 Å². The summed E-state index contributed by atoms with van der Waals surface area (Å²) in [6.07, 6.45) is 1.52. The molecular formula is C13H12BrN3O2. The smallest absolute Gasteiger partial charge is 0.188 e. The van der Waals surface area contributed by atoms with Gasteiger partial charge in [0.15, 0.2) is 5.84 Å². The molecule has 0 spiro atoms. The van der Waals surface area contributed by atoms with Crippen molar-refractivity contribution in [1.29, 1.82) is 0 Å². The van der Waals surface area contributed by atoms with Gasteiger partial charge >= 0.3 is 0 Å². The number of hydrogen-bond donors (Lipinski definition) is 2. The van der Waals surface area contributed by atoms with Gasteiger partial charge in [0.2, 0.25) is 0 Å². The molecule has 1 aromatic heterocycles. The minimum Gasteiger partial charge on any atom is -0.456 e. The van der Waals surface area contributed by atoms with E-state index in [0.717, 1.165) is 15.8 Å². The molecule has 1 heterocycles. The number of amidine groups is 1. The van der Waals surface area contributed by atoms with E-state index in [-0.39, 0.29) is 5.84 Å². The first kappa shape index (κ1) is 13.4. The summed E-state index contributed by atoms with van der Waals surface area (Å²) in [4.78, 5) is 4.04. The van der Waals surface area contributed by atoms with Crippen LogP contribution >= 0.6 is 15.9 Å². The zero-order chi connectivity index (χ0) is 13.8. The number of benzene rings is 1. The lowest BCUT2D eigenvalue weighted by Crippen LogP contribution is -2.14. The Kier molecular flexibility index (Phi) is 4.01. The van der Waals surface area contributed by atoms with Crippen molar-refractivity contribution in [1.82, 2.24) is 4.98 Å². The van der Waals surface area contributed by atoms with Gasteiger partial charge in [-0.3, -0.25) is 0 Å². The molecule has 3 N–H and O–H groups in total. The Hall–Kier alpha value is -2.08. The molecule has 19 heavy (non-hydrogen) atoms. The van der Waals surface area contributed by atoms with Crippen LogP contribution < -0.4 is 10.5 Å². The highest BCUT2D eigenvalue weighted by molar-refractivity contribution is 9.10. The normalized spacial score (nSPS) is 11.4. The zero-order valence-corrected chi connectivity index (χ0v) is 11.8. The fourth-order valence-electron chi connectivity index (χ4n) is 1.46. The number of aromatic nitrogens is 1. The maximum Gasteiger partial charge on any atom is 0.188 e. The summed E-state index contributed by atoms with van der Waals surface area (Å²) >= 11 is 3.43. The number of rotatable bonds is 3. The molecule has 0 bridgehead atoms. The van der Waals surface area contributed by atoms with E-state index in [4.69, 9.17) is 15.7 Å². The number of aryl methyl sites for hydroxylation is 1. The molecule has 5 nitrogen and oxygen atoms in total. The molecule has 0 radical (unpaired) electrons. The molecular weight excluding hydrogens is 310 g/mol. The van der Waals surface area contributed by atoms with Crippen molar-refractivity contribution >= 4 is 21.8 Å². The molecule has 0 aliphatic carbocycles. The number of halogens is 1. The minimum absolute atomic E-state index is 0.0361. The quantitative estimate of drug-likeness (QED) is 0.394. The molecule has 0 atom stereocenters. The van der Waals surface area contributed by atoms with E-state index in [1.165, 1.54) is 6.20 Å². The van der Waals surface area contributed by atoms with Crippen LogP contribution in [0.5, 0.6) is 11.5 Å². The summed E-state index contributed by atoms with van der Waals surface area (Å²) in [6, 6.07) is 9.02. The highest BCUT2D eigenvalue weighted by Crippen LogP contribution is 2.25. The van der Waals surface area contributed by atoms with Crippen LogP contribution in [-0.2, 0) is 0 Å². The van der Waals surface area contributed by atoms with Crippen LogP contribution in [0, 0.1) is 6.92 Å².